The standard InChI is InChI=1S/C14H28N2/c1-2-6-15-7-3-8-16-11-14-10-12-4-5-13(14)9-12/h12-16H,2-11H2,1H3. The monoisotopic (exact) mass is 224 g/mol. The van der Waals surface area contributed by atoms with Crippen molar-refractivity contribution in [3.63, 3.8) is 0 Å². The molecule has 2 saturated carbocycles. The van der Waals surface area contributed by atoms with Gasteiger partial charge in [-0.25, -0.2) is 0 Å². The molecule has 94 valence electrons. The fourth-order valence-electron chi connectivity index (χ4n) is 3.55. The molecule has 2 nitrogen and oxygen atoms in total. The summed E-state index contributed by atoms with van der Waals surface area (Å²) in [5.41, 5.74) is 0. The Morgan fingerprint density at radius 2 is 1.88 bits per heavy atom. The SMILES string of the molecule is CCCNCCCNCC1CC2CCC1C2. The summed E-state index contributed by atoms with van der Waals surface area (Å²) in [5, 5.41) is 7.10. The topological polar surface area (TPSA) is 24.1 Å². The van der Waals surface area contributed by atoms with Gasteiger partial charge in [0.05, 0.1) is 0 Å². The van der Waals surface area contributed by atoms with Crippen LogP contribution in [0.4, 0.5) is 0 Å². The zero-order valence-electron chi connectivity index (χ0n) is 10.8. The van der Waals surface area contributed by atoms with Crippen LogP contribution in [0.2, 0.25) is 0 Å². The fraction of sp³-hybridized carbons (Fsp3) is 1.00. The summed E-state index contributed by atoms with van der Waals surface area (Å²) < 4.78 is 0. The fourth-order valence-corrected chi connectivity index (χ4v) is 3.55. The van der Waals surface area contributed by atoms with Gasteiger partial charge >= 0.3 is 0 Å². The Morgan fingerprint density at radius 3 is 2.56 bits per heavy atom. The van der Waals surface area contributed by atoms with Crippen LogP contribution in [0, 0.1) is 17.8 Å². The lowest BCUT2D eigenvalue weighted by atomic mass is 9.89. The number of fused-ring (bicyclic) bond motifs is 2. The van der Waals surface area contributed by atoms with Crippen LogP contribution in [-0.2, 0) is 0 Å². The lowest BCUT2D eigenvalue weighted by Crippen LogP contribution is -2.29. The van der Waals surface area contributed by atoms with Crippen molar-refractivity contribution >= 4 is 0 Å². The molecular weight excluding hydrogens is 196 g/mol. The quantitative estimate of drug-likeness (QED) is 0.619. The molecule has 2 bridgehead atoms. The Labute approximate surface area is 101 Å². The van der Waals surface area contributed by atoms with E-state index in [4.69, 9.17) is 0 Å². The minimum Gasteiger partial charge on any atom is -0.317 e. The average molecular weight is 224 g/mol. The van der Waals surface area contributed by atoms with Gasteiger partial charge in [0.15, 0.2) is 0 Å². The van der Waals surface area contributed by atoms with Crippen LogP contribution in [0.1, 0.15) is 45.4 Å². The van der Waals surface area contributed by atoms with Crippen molar-refractivity contribution < 1.29 is 0 Å². The van der Waals surface area contributed by atoms with Crippen LogP contribution in [0.3, 0.4) is 0 Å². The van der Waals surface area contributed by atoms with E-state index in [1.807, 2.05) is 0 Å². The molecule has 3 unspecified atom stereocenters. The molecular formula is C14H28N2. The molecule has 2 aliphatic carbocycles. The van der Waals surface area contributed by atoms with Gasteiger partial charge in [-0.05, 0) is 76.0 Å². The first-order valence-electron chi connectivity index (χ1n) is 7.31. The minimum absolute atomic E-state index is 1.02. The second kappa shape index (κ2) is 6.61. The second-order valence-corrected chi connectivity index (χ2v) is 5.74. The maximum Gasteiger partial charge on any atom is -0.00178 e. The van der Waals surface area contributed by atoms with E-state index in [1.165, 1.54) is 58.3 Å². The van der Waals surface area contributed by atoms with E-state index in [-0.39, 0.29) is 0 Å². The van der Waals surface area contributed by atoms with Crippen molar-refractivity contribution in [1.29, 1.82) is 0 Å². The molecule has 2 N–H and O–H groups in total. The Bertz CT molecular complexity index is 193. The van der Waals surface area contributed by atoms with Gasteiger partial charge in [-0.1, -0.05) is 13.3 Å². The van der Waals surface area contributed by atoms with Gasteiger partial charge in [0.2, 0.25) is 0 Å². The molecule has 0 aromatic heterocycles. The van der Waals surface area contributed by atoms with E-state index in [9.17, 15) is 0 Å². The number of hydrogen-bond donors (Lipinski definition) is 2. The smallest absolute Gasteiger partial charge is 0.00178 e. The maximum absolute atomic E-state index is 3.65. The van der Waals surface area contributed by atoms with Gasteiger partial charge in [0.25, 0.3) is 0 Å². The zero-order chi connectivity index (χ0) is 11.2. The van der Waals surface area contributed by atoms with Crippen molar-refractivity contribution in [3.05, 3.63) is 0 Å². The normalized spacial score (nSPS) is 32.4. The summed E-state index contributed by atoms with van der Waals surface area (Å²) in [5.74, 6) is 3.20. The van der Waals surface area contributed by atoms with Crippen LogP contribution in [-0.4, -0.2) is 26.2 Å². The Hall–Kier alpha value is -0.0800. The van der Waals surface area contributed by atoms with Crippen molar-refractivity contribution in [1.82, 2.24) is 10.6 Å². The van der Waals surface area contributed by atoms with E-state index in [0.29, 0.717) is 0 Å². The molecule has 3 atom stereocenters. The molecule has 2 rings (SSSR count). The third-order valence-corrected chi connectivity index (χ3v) is 4.42. The van der Waals surface area contributed by atoms with Crippen molar-refractivity contribution in [2.24, 2.45) is 17.8 Å². The summed E-state index contributed by atoms with van der Waals surface area (Å²) in [4.78, 5) is 0. The lowest BCUT2D eigenvalue weighted by molar-refractivity contribution is 0.318. The Morgan fingerprint density at radius 1 is 1.00 bits per heavy atom. The van der Waals surface area contributed by atoms with E-state index in [0.717, 1.165) is 17.8 Å². The van der Waals surface area contributed by atoms with Crippen LogP contribution >= 0.6 is 0 Å². The second-order valence-electron chi connectivity index (χ2n) is 5.74. The first-order chi connectivity index (χ1) is 7.90. The summed E-state index contributed by atoms with van der Waals surface area (Å²) in [6.07, 6.45) is 8.65. The van der Waals surface area contributed by atoms with E-state index in [2.05, 4.69) is 17.6 Å². The van der Waals surface area contributed by atoms with E-state index >= 15 is 0 Å². The van der Waals surface area contributed by atoms with Gasteiger partial charge in [0, 0.05) is 0 Å². The van der Waals surface area contributed by atoms with Gasteiger partial charge < -0.3 is 10.6 Å². The van der Waals surface area contributed by atoms with Gasteiger partial charge in [-0.2, -0.15) is 0 Å². The molecule has 0 spiro atoms. The highest BCUT2D eigenvalue weighted by molar-refractivity contribution is 4.90. The predicted octanol–water partition coefficient (Wildman–Crippen LogP) is 2.40. The molecule has 0 aromatic carbocycles. The van der Waals surface area contributed by atoms with Crippen LogP contribution < -0.4 is 10.6 Å². The molecule has 2 fully saturated rings. The molecule has 0 aliphatic heterocycles. The molecule has 0 saturated heterocycles. The highest BCUT2D eigenvalue weighted by Crippen LogP contribution is 2.47. The third-order valence-electron chi connectivity index (χ3n) is 4.42. The summed E-state index contributed by atoms with van der Waals surface area (Å²) in [6.45, 7) is 7.06. The summed E-state index contributed by atoms with van der Waals surface area (Å²) in [7, 11) is 0. The number of nitrogens with one attached hydrogen (secondary N) is 2. The lowest BCUT2D eigenvalue weighted by Gasteiger charge is -2.21. The van der Waals surface area contributed by atoms with Gasteiger partial charge in [-0.3, -0.25) is 0 Å². The molecule has 0 radical (unpaired) electrons. The summed E-state index contributed by atoms with van der Waals surface area (Å²) >= 11 is 0. The van der Waals surface area contributed by atoms with Crippen molar-refractivity contribution in [2.45, 2.75) is 45.4 Å². The number of rotatable bonds is 8. The van der Waals surface area contributed by atoms with Crippen molar-refractivity contribution in [3.8, 4) is 0 Å². The number of hydrogen-bond acceptors (Lipinski definition) is 2. The van der Waals surface area contributed by atoms with Crippen molar-refractivity contribution in [2.75, 3.05) is 26.2 Å². The molecule has 2 aliphatic rings. The average Bonchev–Trinajstić information content (AvgIpc) is 2.90. The summed E-state index contributed by atoms with van der Waals surface area (Å²) in [6, 6.07) is 0. The predicted molar refractivity (Wildman–Crippen MR) is 69.6 cm³/mol. The Balaban J connectivity index is 1.43. The Kier molecular flexibility index (Phi) is 5.11. The third kappa shape index (κ3) is 3.46. The van der Waals surface area contributed by atoms with E-state index in [1.54, 1.807) is 6.42 Å². The van der Waals surface area contributed by atoms with Crippen LogP contribution in [0.25, 0.3) is 0 Å². The first kappa shape index (κ1) is 12.4. The van der Waals surface area contributed by atoms with Gasteiger partial charge in [0.1, 0.15) is 0 Å². The molecule has 0 aromatic rings. The molecule has 2 heteroatoms. The molecule has 16 heavy (non-hydrogen) atoms. The van der Waals surface area contributed by atoms with Gasteiger partial charge in [-0.15, -0.1) is 0 Å². The maximum atomic E-state index is 3.65. The first-order valence-corrected chi connectivity index (χ1v) is 7.31. The van der Waals surface area contributed by atoms with E-state index < -0.39 is 0 Å². The highest BCUT2D eigenvalue weighted by atomic mass is 14.9. The highest BCUT2D eigenvalue weighted by Gasteiger charge is 2.38. The van der Waals surface area contributed by atoms with Crippen LogP contribution in [0.15, 0.2) is 0 Å². The largest absolute Gasteiger partial charge is 0.317 e. The molecule has 0 heterocycles. The molecule has 0 amide bonds. The zero-order valence-corrected chi connectivity index (χ0v) is 10.8. The van der Waals surface area contributed by atoms with Crippen LogP contribution in [0.5, 0.6) is 0 Å². The minimum atomic E-state index is 1.02.